The number of nitrogens with one attached hydrogen (secondary N) is 5. The molecule has 8 heterocycles. The number of Topliss-reactive ketones (excluding diaryl/α,β-unsaturated/α-hetero) is 2. The number of halogens is 3. The van der Waals surface area contributed by atoms with Gasteiger partial charge in [-0.15, -0.1) is 0 Å². The predicted octanol–water partition coefficient (Wildman–Crippen LogP) is 6.35. The number of ether oxygens (including phenoxy) is 10. The number of phenols is 3. The van der Waals surface area contributed by atoms with Gasteiger partial charge in [-0.3, -0.25) is 47.8 Å². The van der Waals surface area contributed by atoms with Gasteiger partial charge >= 0.3 is 25.6 Å². The van der Waals surface area contributed by atoms with Crippen molar-refractivity contribution in [3.63, 3.8) is 0 Å². The largest absolute Gasteiger partial charge is 0.508 e. The van der Waals surface area contributed by atoms with Crippen LogP contribution in [0.5, 0.6) is 46.0 Å². The maximum Gasteiger partial charge on any atom is 0.413 e. The van der Waals surface area contributed by atoms with Crippen molar-refractivity contribution in [1.29, 1.82) is 0 Å². The van der Waals surface area contributed by atoms with E-state index < -0.39 is 335 Å². The van der Waals surface area contributed by atoms with Gasteiger partial charge in [-0.2, -0.15) is 0 Å². The molecule has 46 heteroatoms. The third kappa shape index (κ3) is 24.7. The van der Waals surface area contributed by atoms with Crippen LogP contribution in [0.15, 0.2) is 127 Å². The molecule has 3 fully saturated rings. The number of carbonyl (C=O) groups is 11. The van der Waals surface area contributed by atoms with Gasteiger partial charge < -0.3 is 151 Å². The molecule has 15 rings (SSSR count). The summed E-state index contributed by atoms with van der Waals surface area (Å²) in [4.78, 5) is 181. The monoisotopic (exact) mass is 2040 g/mol. The maximum atomic E-state index is 16.9. The molecule has 0 aromatic heterocycles. The summed E-state index contributed by atoms with van der Waals surface area (Å²) >= 11 is 21.0. The highest BCUT2D eigenvalue weighted by Gasteiger charge is 2.54. The fourth-order valence-corrected chi connectivity index (χ4v) is 19.0. The van der Waals surface area contributed by atoms with Crippen molar-refractivity contribution >= 4 is 108 Å². The number of phenolic OH excluding ortho intramolecular Hbond substituents is 3. The van der Waals surface area contributed by atoms with Crippen LogP contribution in [0.2, 0.25) is 15.1 Å². The predicted molar refractivity (Wildman–Crippen MR) is 495 cm³/mol. The van der Waals surface area contributed by atoms with Gasteiger partial charge in [0.1, 0.15) is 95.4 Å². The van der Waals surface area contributed by atoms with Gasteiger partial charge in [0, 0.05) is 91.0 Å². The van der Waals surface area contributed by atoms with E-state index >= 15 is 28.8 Å². The van der Waals surface area contributed by atoms with Crippen LogP contribution in [0, 0.1) is 11.8 Å². The lowest BCUT2D eigenvalue weighted by Gasteiger charge is -2.48. The Bertz CT molecular complexity index is 5940. The van der Waals surface area contributed by atoms with Crippen LogP contribution in [-0.2, 0) is 92.2 Å². The number of aldehydes is 1. The third-order valence-electron chi connectivity index (χ3n) is 25.5. The average molecular weight is 2040 g/mol. The van der Waals surface area contributed by atoms with Crippen molar-refractivity contribution in [2.75, 3.05) is 20.4 Å². The first-order valence-electron chi connectivity index (χ1n) is 44.7. The van der Waals surface area contributed by atoms with Crippen molar-refractivity contribution in [1.82, 2.24) is 31.5 Å². The molecule has 23 atom stereocenters. The van der Waals surface area contributed by atoms with Gasteiger partial charge in [-0.1, -0.05) is 103 Å². The molecule has 20 unspecified atom stereocenters. The number of rotatable bonds is 26. The number of benzene rings is 7. The van der Waals surface area contributed by atoms with Crippen LogP contribution in [-0.4, -0.2) is 254 Å². The lowest BCUT2D eigenvalue weighted by Crippen LogP contribution is -2.65. The third-order valence-corrected chi connectivity index (χ3v) is 27.6. The second-order valence-corrected chi connectivity index (χ2v) is 39.6. The lowest BCUT2D eigenvalue weighted by molar-refractivity contribution is -0.334. The Morgan fingerprint density at radius 3 is 1.91 bits per heavy atom. The molecule has 141 heavy (non-hydrogen) atoms. The Kier molecular flexibility index (Phi) is 33.7. The molecule has 3 saturated heterocycles. The first kappa shape index (κ1) is 107. The number of nitrogens with two attached hydrogens (primary N) is 2. The molecule has 8 aliphatic rings. The Morgan fingerprint density at radius 1 is 0.688 bits per heavy atom. The van der Waals surface area contributed by atoms with Gasteiger partial charge in [0.25, 0.3) is 0 Å². The number of likely N-dealkylation sites (N-methyl/N-ethyl adjacent to an activating group) is 1. The van der Waals surface area contributed by atoms with Crippen LogP contribution >= 0.6 is 42.4 Å². The molecule has 7 aromatic carbocycles. The SMILES string of the molecule is CC(C)CC(C(=O)NC1C(=O)CC(CC(N)=O)C(=O)NC2C(=O)CC3C(=O)N[C@@H](C(=O)NC(C(=O)O)c4cc(O)cc(O)c4-c4cc3ccc4O)[C@@H](O[C@@H]3CC(C)(N)C(O)C(C)O3)c3ccc(c(Cl)c3)Oc3cc2cc(c3OC2OC(CO)C(O)C(O)C2OC2CC(C)(NCc3ccc(-c4ccc(Cl)cc4)cc3)C(O)C(C)O2)Oc2ccc(cc2Cl)C1O)N(C)C(=O)OCOC(=O)CCC(C=O)P(=O)(O)O. The highest BCUT2D eigenvalue weighted by Crippen LogP contribution is 2.52. The molecule has 0 radical (unpaired) electrons. The van der Waals surface area contributed by atoms with Gasteiger partial charge in [0.05, 0.1) is 52.9 Å². The molecule has 7 aromatic rings. The number of hydrogen-bond acceptors (Lipinski definition) is 33. The number of carbonyl (C=O) groups excluding carboxylic acids is 10. The second-order valence-electron chi connectivity index (χ2n) is 36.5. The van der Waals surface area contributed by atoms with Crippen LogP contribution in [0.25, 0.3) is 22.3 Å². The van der Waals surface area contributed by atoms with E-state index in [4.69, 9.17) is 93.6 Å². The Balaban J connectivity index is 0.983. The number of hydrogen-bond donors (Lipinski definition) is 19. The number of aromatic hydroxyl groups is 3. The number of ketones is 2. The van der Waals surface area contributed by atoms with Crippen LogP contribution in [0.3, 0.4) is 0 Å². The normalized spacial score (nSPS) is 28.0. The van der Waals surface area contributed by atoms with E-state index in [2.05, 4.69) is 26.6 Å². The molecule has 0 saturated carbocycles. The highest BCUT2D eigenvalue weighted by atomic mass is 35.5. The number of fused-ring (bicyclic) bond motifs is 15. The number of aliphatic hydroxyl groups is 6. The Morgan fingerprint density at radius 2 is 1.30 bits per heavy atom. The molecule has 6 amide bonds. The minimum absolute atomic E-state index is 0.0428. The minimum atomic E-state index is -4.98. The zero-order valence-corrected chi connectivity index (χ0v) is 79.9. The van der Waals surface area contributed by atoms with Crippen molar-refractivity contribution in [3.05, 3.63) is 176 Å². The number of esters is 1. The Hall–Kier alpha value is -11.6. The number of carboxylic acid groups (broad SMARTS) is 1. The molecule has 42 nitrogen and oxygen atoms in total. The summed E-state index contributed by atoms with van der Waals surface area (Å²) in [7, 11) is -3.92. The summed E-state index contributed by atoms with van der Waals surface area (Å²) in [5, 5.41) is 131. The average Bonchev–Trinajstić information content (AvgIpc) is 0.761. The highest BCUT2D eigenvalue weighted by molar-refractivity contribution is 7.53. The van der Waals surface area contributed by atoms with Crippen molar-refractivity contribution < 1.29 is 166 Å². The van der Waals surface area contributed by atoms with Gasteiger partial charge in [0.15, 0.2) is 47.8 Å². The maximum absolute atomic E-state index is 16.9. The van der Waals surface area contributed by atoms with E-state index in [1.54, 1.807) is 39.8 Å². The Labute approximate surface area is 820 Å². The lowest BCUT2D eigenvalue weighted by atomic mass is 9.84. The molecule has 758 valence electrons. The summed E-state index contributed by atoms with van der Waals surface area (Å²) in [6.07, 6.45) is -29.4. The molecule has 0 aliphatic carbocycles. The van der Waals surface area contributed by atoms with E-state index in [0.29, 0.717) is 5.02 Å². The first-order chi connectivity index (χ1) is 66.5. The van der Waals surface area contributed by atoms with Crippen LogP contribution in [0.4, 0.5) is 4.79 Å². The number of carboxylic acids is 1. The number of amides is 6. The quantitative estimate of drug-likeness (QED) is 0.0122. The number of aliphatic carboxylic acids is 1. The molecular formula is C95H108Cl3N8O34P. The first-order valence-corrected chi connectivity index (χ1v) is 47.5. The molecule has 8 aliphatic heterocycles. The van der Waals surface area contributed by atoms with Gasteiger partial charge in [0.2, 0.25) is 48.4 Å². The summed E-state index contributed by atoms with van der Waals surface area (Å²) < 4.78 is 74.9. The van der Waals surface area contributed by atoms with Gasteiger partial charge in [-0.05, 0) is 152 Å². The summed E-state index contributed by atoms with van der Waals surface area (Å²) in [6, 6.07) is 17.6. The fraction of sp³-hybridized carbons (Fsp3) is 0.442. The fourth-order valence-electron chi connectivity index (χ4n) is 17.8. The second kappa shape index (κ2) is 44.5. The smallest absolute Gasteiger partial charge is 0.413 e. The number of nitrogens with zero attached hydrogens (tertiary/aromatic N) is 1. The molecule has 0 spiro atoms. The summed E-state index contributed by atoms with van der Waals surface area (Å²) in [6.45, 7) is 7.35. The van der Waals surface area contributed by atoms with Crippen molar-refractivity contribution in [2.45, 2.75) is 232 Å². The van der Waals surface area contributed by atoms with Gasteiger partial charge in [-0.25, -0.2) is 9.59 Å². The van der Waals surface area contributed by atoms with E-state index in [1.807, 2.05) is 36.4 Å². The zero-order chi connectivity index (χ0) is 103. The van der Waals surface area contributed by atoms with Crippen molar-refractivity contribution in [3.8, 4) is 68.2 Å². The van der Waals surface area contributed by atoms with E-state index in [9.17, 15) is 89.4 Å². The summed E-state index contributed by atoms with van der Waals surface area (Å²) in [5.74, 6) is -22.4. The van der Waals surface area contributed by atoms with E-state index in [-0.39, 0.29) is 48.8 Å². The minimum Gasteiger partial charge on any atom is -0.508 e. The number of aliphatic hydroxyl groups excluding tert-OH is 6. The van der Waals surface area contributed by atoms with Crippen molar-refractivity contribution in [2.24, 2.45) is 23.3 Å². The molecule has 21 N–H and O–H groups in total. The topological polar surface area (TPSA) is 655 Å². The standard InChI is InChI=1S/C95H108Cl3N8O34P/c1-41(2)24-60(106(7)93(127)132-40-131-71(115)23-19-54(38-107)141(128,129)130)89(123)104-77-63(112)28-51(31-70(99)114)87(121)102-75-50-29-67(135-65-21-15-48(79(77)116)26-58(65)97)83(140-92-84(81(118)80(117)69(39-108)137-92)139-73-36-95(6,86(120)43(4)134-73)101-37-44-8-10-45(11-9-44)46-12-17-52(96)18-13-46)68(30-50)136-66-22-16-49(27-59(66)98)82(138-72-35-94(5,100)85(119)42(3)133-72)78-90(124)103-76(91(125)126)57-32-53(109)33-62(111)74(57)56-25-47(14-20-61(56)110)55(34-64(75)113)88(122)105-78/h8-18,20-22,25-27,29-30,32-33,38,41-43,51,54-55,60,69,72-73,75-82,84-86,92,101,108-111,116-120H,19,23-24,28,31,34-37,39-40,100H2,1-7H3,(H2,99,114)(H,102,121)(H,103,124)(H,104,123)(H,105,122)(H,125,126)(H2,128,129,130)/t42?,43?,51?,54?,55?,60?,69?,72-,73?,75?,76?,77?,78-,79?,80?,81?,82+,84?,85?,86?,92?,94?,95?/m1/s1. The summed E-state index contributed by atoms with van der Waals surface area (Å²) in [5.41, 5.74) is 7.53. The van der Waals surface area contributed by atoms with E-state index in [0.717, 1.165) is 95.4 Å². The van der Waals surface area contributed by atoms with Crippen LogP contribution in [0.1, 0.15) is 156 Å². The molecular weight excluding hydrogens is 1930 g/mol. The number of primary amides is 1. The zero-order valence-electron chi connectivity index (χ0n) is 76.7. The van der Waals surface area contributed by atoms with E-state index in [1.165, 1.54) is 26.0 Å². The van der Waals surface area contributed by atoms with Crippen LogP contribution < -0.4 is 52.3 Å². The molecule has 11 bridgehead atoms.